The number of hydrogen-bond donors (Lipinski definition) is 2. The molecular formula is C18H28ClN3O3. The predicted molar refractivity (Wildman–Crippen MR) is 101 cm³/mol. The van der Waals surface area contributed by atoms with Crippen molar-refractivity contribution >= 4 is 29.9 Å². The van der Waals surface area contributed by atoms with Gasteiger partial charge in [-0.2, -0.15) is 0 Å². The van der Waals surface area contributed by atoms with Crippen LogP contribution in [0.1, 0.15) is 24.8 Å². The molecule has 1 aromatic carbocycles. The van der Waals surface area contributed by atoms with Crippen LogP contribution in [-0.2, 0) is 20.7 Å². The van der Waals surface area contributed by atoms with Gasteiger partial charge in [-0.1, -0.05) is 12.1 Å². The summed E-state index contributed by atoms with van der Waals surface area (Å²) in [4.78, 5) is 25.7. The number of ether oxygens (including phenoxy) is 1. The average molecular weight is 370 g/mol. The van der Waals surface area contributed by atoms with Crippen molar-refractivity contribution in [1.82, 2.24) is 10.2 Å². The summed E-state index contributed by atoms with van der Waals surface area (Å²) in [5.41, 5.74) is 1.88. The molecule has 1 heterocycles. The van der Waals surface area contributed by atoms with Crippen LogP contribution in [-0.4, -0.2) is 56.6 Å². The number of likely N-dealkylation sites (tertiary alicyclic amines) is 1. The van der Waals surface area contributed by atoms with Gasteiger partial charge >= 0.3 is 0 Å². The molecule has 7 heteroatoms. The van der Waals surface area contributed by atoms with Gasteiger partial charge in [-0.05, 0) is 37.0 Å². The van der Waals surface area contributed by atoms with Gasteiger partial charge in [0, 0.05) is 38.9 Å². The minimum atomic E-state index is -0.0805. The number of anilines is 1. The summed E-state index contributed by atoms with van der Waals surface area (Å²) in [5, 5.41) is 5.84. The maximum absolute atomic E-state index is 12.0. The number of halogens is 1. The molecule has 0 bridgehead atoms. The lowest BCUT2D eigenvalue weighted by molar-refractivity contribution is -0.130. The normalized spacial score (nSPS) is 13.4. The van der Waals surface area contributed by atoms with E-state index < -0.39 is 0 Å². The van der Waals surface area contributed by atoms with E-state index in [1.54, 1.807) is 7.11 Å². The number of nitrogens with one attached hydrogen (secondary N) is 2. The Morgan fingerprint density at radius 2 is 1.84 bits per heavy atom. The van der Waals surface area contributed by atoms with Crippen LogP contribution in [0.3, 0.4) is 0 Å². The van der Waals surface area contributed by atoms with E-state index in [4.69, 9.17) is 4.74 Å². The van der Waals surface area contributed by atoms with E-state index in [9.17, 15) is 9.59 Å². The summed E-state index contributed by atoms with van der Waals surface area (Å²) in [6, 6.07) is 7.68. The Bertz CT molecular complexity index is 531. The van der Waals surface area contributed by atoms with Crippen molar-refractivity contribution in [3.8, 4) is 0 Å². The summed E-state index contributed by atoms with van der Waals surface area (Å²) in [6.45, 7) is 3.30. The first kappa shape index (κ1) is 21.4. The summed E-state index contributed by atoms with van der Waals surface area (Å²) in [5.74, 6) is 0.162. The number of benzene rings is 1. The van der Waals surface area contributed by atoms with Gasteiger partial charge in [0.05, 0.1) is 13.2 Å². The molecule has 2 rings (SSSR count). The summed E-state index contributed by atoms with van der Waals surface area (Å²) in [6.07, 6.45) is 3.54. The van der Waals surface area contributed by atoms with E-state index in [0.29, 0.717) is 19.6 Å². The second kappa shape index (κ2) is 11.8. The Labute approximate surface area is 155 Å². The number of nitrogens with zero attached hydrogens (tertiary/aromatic N) is 1. The molecule has 2 N–H and O–H groups in total. The number of carbonyl (C=O) groups is 2. The predicted octanol–water partition coefficient (Wildman–Crippen LogP) is 1.84. The largest absolute Gasteiger partial charge is 0.383 e. The molecular weight excluding hydrogens is 342 g/mol. The highest BCUT2D eigenvalue weighted by atomic mass is 35.5. The van der Waals surface area contributed by atoms with Crippen molar-refractivity contribution in [3.05, 3.63) is 29.8 Å². The van der Waals surface area contributed by atoms with Crippen molar-refractivity contribution in [1.29, 1.82) is 0 Å². The first-order valence-electron chi connectivity index (χ1n) is 8.55. The third-order valence-corrected chi connectivity index (χ3v) is 4.09. The highest BCUT2D eigenvalue weighted by molar-refractivity contribution is 5.92. The lowest BCUT2D eigenvalue weighted by Gasteiger charge is -2.15. The maximum Gasteiger partial charge on any atom is 0.238 e. The van der Waals surface area contributed by atoms with Gasteiger partial charge in [-0.3, -0.25) is 9.59 Å². The maximum atomic E-state index is 12.0. The third-order valence-electron chi connectivity index (χ3n) is 4.09. The number of hydrogen-bond acceptors (Lipinski definition) is 4. The Balaban J connectivity index is 0.00000312. The van der Waals surface area contributed by atoms with E-state index in [1.807, 2.05) is 29.2 Å². The number of methoxy groups -OCH3 is 1. The molecule has 1 aliphatic rings. The van der Waals surface area contributed by atoms with E-state index in [-0.39, 0.29) is 30.8 Å². The van der Waals surface area contributed by atoms with Crippen molar-refractivity contribution in [3.63, 3.8) is 0 Å². The average Bonchev–Trinajstić information content (AvgIpc) is 3.12. The summed E-state index contributed by atoms with van der Waals surface area (Å²) >= 11 is 0. The smallest absolute Gasteiger partial charge is 0.238 e. The first-order valence-corrected chi connectivity index (χ1v) is 8.55. The standard InChI is InChI=1S/C18H27N3O3.ClH/c1-24-13-10-19-14-17(22)20-16-7-4-15(5-8-16)6-9-18(23)21-11-2-3-12-21;/h4-5,7-8,19H,2-3,6,9-14H2,1H3,(H,20,22);1H. The third kappa shape index (κ3) is 7.86. The molecule has 25 heavy (non-hydrogen) atoms. The zero-order chi connectivity index (χ0) is 17.2. The van der Waals surface area contributed by atoms with Gasteiger partial charge in [0.2, 0.25) is 11.8 Å². The zero-order valence-corrected chi connectivity index (χ0v) is 15.6. The van der Waals surface area contributed by atoms with Crippen LogP contribution >= 0.6 is 12.4 Å². The molecule has 0 aromatic heterocycles. The van der Waals surface area contributed by atoms with Crippen LogP contribution in [0.15, 0.2) is 24.3 Å². The second-order valence-electron chi connectivity index (χ2n) is 6.00. The fraction of sp³-hybridized carbons (Fsp3) is 0.556. The van der Waals surface area contributed by atoms with Crippen LogP contribution in [0.5, 0.6) is 0 Å². The van der Waals surface area contributed by atoms with E-state index in [1.165, 1.54) is 0 Å². The summed E-state index contributed by atoms with van der Waals surface area (Å²) < 4.78 is 4.91. The fourth-order valence-corrected chi connectivity index (χ4v) is 2.71. The topological polar surface area (TPSA) is 70.7 Å². The highest BCUT2D eigenvalue weighted by Crippen LogP contribution is 2.13. The lowest BCUT2D eigenvalue weighted by Crippen LogP contribution is -2.30. The lowest BCUT2D eigenvalue weighted by atomic mass is 10.1. The number of carbonyl (C=O) groups excluding carboxylic acids is 2. The molecule has 0 aliphatic carbocycles. The highest BCUT2D eigenvalue weighted by Gasteiger charge is 2.17. The molecule has 6 nitrogen and oxygen atoms in total. The van der Waals surface area contributed by atoms with Crippen molar-refractivity contribution in [2.45, 2.75) is 25.7 Å². The van der Waals surface area contributed by atoms with E-state index in [0.717, 1.165) is 43.6 Å². The molecule has 2 amide bonds. The van der Waals surface area contributed by atoms with Gasteiger partial charge in [0.25, 0.3) is 0 Å². The molecule has 0 unspecified atom stereocenters. The van der Waals surface area contributed by atoms with E-state index >= 15 is 0 Å². The molecule has 1 saturated heterocycles. The number of aryl methyl sites for hydroxylation is 1. The van der Waals surface area contributed by atoms with Crippen molar-refractivity contribution < 1.29 is 14.3 Å². The van der Waals surface area contributed by atoms with Crippen LogP contribution < -0.4 is 10.6 Å². The van der Waals surface area contributed by atoms with Crippen molar-refractivity contribution in [2.24, 2.45) is 0 Å². The number of rotatable bonds is 9. The molecule has 140 valence electrons. The molecule has 0 atom stereocenters. The van der Waals surface area contributed by atoms with E-state index in [2.05, 4.69) is 10.6 Å². The fourth-order valence-electron chi connectivity index (χ4n) is 2.71. The summed E-state index contributed by atoms with van der Waals surface area (Å²) in [7, 11) is 1.63. The Morgan fingerprint density at radius 3 is 2.48 bits per heavy atom. The Morgan fingerprint density at radius 1 is 1.16 bits per heavy atom. The monoisotopic (exact) mass is 369 g/mol. The second-order valence-corrected chi connectivity index (χ2v) is 6.00. The quantitative estimate of drug-likeness (QED) is 0.651. The molecule has 1 aliphatic heterocycles. The van der Waals surface area contributed by atoms with Gasteiger partial charge in [-0.15, -0.1) is 12.4 Å². The molecule has 1 aromatic rings. The van der Waals surface area contributed by atoms with Crippen LogP contribution in [0.4, 0.5) is 5.69 Å². The molecule has 1 fully saturated rings. The SMILES string of the molecule is COCCNCC(=O)Nc1ccc(CCC(=O)N2CCCC2)cc1.Cl. The zero-order valence-electron chi connectivity index (χ0n) is 14.8. The van der Waals surface area contributed by atoms with Crippen LogP contribution in [0, 0.1) is 0 Å². The van der Waals surface area contributed by atoms with Gasteiger partial charge < -0.3 is 20.3 Å². The van der Waals surface area contributed by atoms with Crippen LogP contribution in [0.25, 0.3) is 0 Å². The number of amides is 2. The van der Waals surface area contributed by atoms with Crippen LogP contribution in [0.2, 0.25) is 0 Å². The minimum Gasteiger partial charge on any atom is -0.383 e. The Kier molecular flexibility index (Phi) is 10.1. The van der Waals surface area contributed by atoms with Gasteiger partial charge in [-0.25, -0.2) is 0 Å². The molecule has 0 radical (unpaired) electrons. The molecule has 0 saturated carbocycles. The van der Waals surface area contributed by atoms with Gasteiger partial charge in [0.15, 0.2) is 0 Å². The molecule has 0 spiro atoms. The Hall–Kier alpha value is -1.63. The minimum absolute atomic E-state index is 0. The van der Waals surface area contributed by atoms with Gasteiger partial charge in [0.1, 0.15) is 0 Å². The van der Waals surface area contributed by atoms with Crippen molar-refractivity contribution in [2.75, 3.05) is 45.2 Å². The first-order chi connectivity index (χ1) is 11.7.